The summed E-state index contributed by atoms with van der Waals surface area (Å²) in [6, 6.07) is 16.9. The fraction of sp³-hybridized carbons (Fsp3) is 0.115. The van der Waals surface area contributed by atoms with Crippen LogP contribution < -0.4 is 19.5 Å². The quantitative estimate of drug-likeness (QED) is 0.197. The Balaban J connectivity index is 1.75. The number of phenolic OH excluding ortho intramolecular Hbond substituents is 1. The fourth-order valence-electron chi connectivity index (χ4n) is 3.68. The number of nitrogens with one attached hydrogen (secondary N) is 1. The van der Waals surface area contributed by atoms with Crippen LogP contribution in [-0.2, 0) is 10.1 Å². The Morgan fingerprint density at radius 3 is 2.18 bits per heavy atom. The highest BCUT2D eigenvalue weighted by atomic mass is 32.2. The summed E-state index contributed by atoms with van der Waals surface area (Å²) in [5, 5.41) is 21.9. The van der Waals surface area contributed by atoms with Crippen LogP contribution in [0, 0.1) is 0 Å². The van der Waals surface area contributed by atoms with Crippen molar-refractivity contribution in [3.05, 3.63) is 72.3 Å². The Morgan fingerprint density at radius 1 is 0.868 bits per heavy atom. The number of hydrogen-bond donors (Lipinski definition) is 3. The smallest absolute Gasteiger partial charge is 0.296 e. The van der Waals surface area contributed by atoms with Gasteiger partial charge in [-0.1, -0.05) is 12.1 Å². The number of nitrogens with zero attached hydrogens (tertiary/aromatic N) is 2. The van der Waals surface area contributed by atoms with E-state index in [1.54, 1.807) is 30.3 Å². The monoisotopic (exact) mass is 537 g/mol. The predicted molar refractivity (Wildman–Crippen MR) is 140 cm³/mol. The third-order valence-corrected chi connectivity index (χ3v) is 6.41. The summed E-state index contributed by atoms with van der Waals surface area (Å²) < 4.78 is 49.8. The Morgan fingerprint density at radius 2 is 1.55 bits per heavy atom. The number of methoxy groups -OCH3 is 3. The average Bonchev–Trinajstić information content (AvgIpc) is 2.91. The minimum atomic E-state index is -4.82. The first-order chi connectivity index (χ1) is 18.1. The molecule has 0 saturated carbocycles. The van der Waals surface area contributed by atoms with Gasteiger partial charge in [-0.25, -0.2) is 0 Å². The lowest BCUT2D eigenvalue weighted by atomic mass is 10.1. The molecular formula is C26H23N3O8S. The highest BCUT2D eigenvalue weighted by molar-refractivity contribution is 7.86. The summed E-state index contributed by atoms with van der Waals surface area (Å²) in [6.07, 6.45) is 0. The zero-order valence-electron chi connectivity index (χ0n) is 20.5. The maximum Gasteiger partial charge on any atom is 0.296 e. The first-order valence-corrected chi connectivity index (χ1v) is 12.4. The van der Waals surface area contributed by atoms with Crippen LogP contribution in [0.15, 0.2) is 81.9 Å². The highest BCUT2D eigenvalue weighted by Crippen LogP contribution is 2.42. The molecule has 0 heterocycles. The average molecular weight is 538 g/mol. The number of azo groups is 1. The van der Waals surface area contributed by atoms with E-state index in [0.29, 0.717) is 22.9 Å². The van der Waals surface area contributed by atoms with Gasteiger partial charge in [-0.2, -0.15) is 8.42 Å². The molecule has 4 rings (SSSR count). The van der Waals surface area contributed by atoms with E-state index in [2.05, 4.69) is 15.5 Å². The summed E-state index contributed by atoms with van der Waals surface area (Å²) in [7, 11) is -0.462. The maximum absolute atomic E-state index is 12.9. The van der Waals surface area contributed by atoms with E-state index in [4.69, 9.17) is 14.2 Å². The minimum absolute atomic E-state index is 0.215. The molecule has 4 aromatic carbocycles. The molecule has 0 saturated heterocycles. The number of anilines is 1. The molecule has 0 bridgehead atoms. The second-order valence-corrected chi connectivity index (χ2v) is 9.30. The fourth-order valence-corrected chi connectivity index (χ4v) is 4.34. The Labute approximate surface area is 218 Å². The summed E-state index contributed by atoms with van der Waals surface area (Å²) in [4.78, 5) is 12.2. The van der Waals surface area contributed by atoms with Crippen molar-refractivity contribution in [1.82, 2.24) is 0 Å². The highest BCUT2D eigenvalue weighted by Gasteiger charge is 2.22. The standard InChI is InChI=1S/C26H23N3O8S/c1-35-18-11-16(12-19(14-18)36-2)26(31)27-17-8-9-20-15(10-17)13-23(38(32,33)34)24(25(20)30)29-28-21-6-4-5-7-22(21)37-3/h4-14,30H,1-3H3,(H,27,31)(H,32,33,34). The Hall–Kier alpha value is -4.68. The van der Waals surface area contributed by atoms with Gasteiger partial charge in [0, 0.05) is 22.7 Å². The number of benzene rings is 4. The second-order valence-electron chi connectivity index (χ2n) is 7.91. The summed E-state index contributed by atoms with van der Waals surface area (Å²) in [6.45, 7) is 0. The maximum atomic E-state index is 12.9. The van der Waals surface area contributed by atoms with E-state index in [0.717, 1.165) is 6.07 Å². The van der Waals surface area contributed by atoms with Gasteiger partial charge in [0.2, 0.25) is 0 Å². The van der Waals surface area contributed by atoms with Crippen molar-refractivity contribution in [3.63, 3.8) is 0 Å². The number of carbonyl (C=O) groups is 1. The lowest BCUT2D eigenvalue weighted by Gasteiger charge is -2.12. The van der Waals surface area contributed by atoms with Crippen LogP contribution in [0.25, 0.3) is 10.8 Å². The van der Waals surface area contributed by atoms with E-state index < -0.39 is 32.4 Å². The van der Waals surface area contributed by atoms with E-state index in [1.165, 1.54) is 51.7 Å². The molecule has 38 heavy (non-hydrogen) atoms. The summed E-state index contributed by atoms with van der Waals surface area (Å²) in [5.41, 5.74) is 0.387. The number of amides is 1. The molecular weight excluding hydrogens is 514 g/mol. The van der Waals surface area contributed by atoms with Crippen LogP contribution in [0.3, 0.4) is 0 Å². The van der Waals surface area contributed by atoms with Crippen molar-refractivity contribution in [3.8, 4) is 23.0 Å². The normalized spacial score (nSPS) is 11.5. The molecule has 0 aromatic heterocycles. The topological polar surface area (TPSA) is 156 Å². The van der Waals surface area contributed by atoms with Crippen molar-refractivity contribution < 1.29 is 37.1 Å². The van der Waals surface area contributed by atoms with Gasteiger partial charge in [0.1, 0.15) is 33.5 Å². The van der Waals surface area contributed by atoms with Crippen LogP contribution in [0.1, 0.15) is 10.4 Å². The molecule has 0 atom stereocenters. The lowest BCUT2D eigenvalue weighted by molar-refractivity contribution is 0.102. The van der Waals surface area contributed by atoms with E-state index >= 15 is 0 Å². The zero-order valence-corrected chi connectivity index (χ0v) is 21.3. The molecule has 196 valence electrons. The van der Waals surface area contributed by atoms with Crippen LogP contribution >= 0.6 is 0 Å². The second kappa shape index (κ2) is 10.7. The van der Waals surface area contributed by atoms with Gasteiger partial charge in [-0.05, 0) is 53.9 Å². The molecule has 0 aliphatic rings. The molecule has 12 heteroatoms. The van der Waals surface area contributed by atoms with Crippen LogP contribution in [0.4, 0.5) is 17.1 Å². The van der Waals surface area contributed by atoms with Gasteiger partial charge in [-0.15, -0.1) is 10.2 Å². The number of para-hydroxylation sites is 1. The third kappa shape index (κ3) is 5.51. The van der Waals surface area contributed by atoms with Crippen LogP contribution in [-0.4, -0.2) is 45.3 Å². The number of aromatic hydroxyl groups is 1. The summed E-state index contributed by atoms with van der Waals surface area (Å²) >= 11 is 0. The first kappa shape index (κ1) is 26.4. The Kier molecular flexibility index (Phi) is 7.46. The molecule has 0 aliphatic heterocycles. The van der Waals surface area contributed by atoms with Crippen molar-refractivity contribution >= 4 is 43.9 Å². The molecule has 11 nitrogen and oxygen atoms in total. The number of rotatable bonds is 8. The largest absolute Gasteiger partial charge is 0.505 e. The minimum Gasteiger partial charge on any atom is -0.505 e. The van der Waals surface area contributed by atoms with Crippen molar-refractivity contribution in [2.75, 3.05) is 26.6 Å². The van der Waals surface area contributed by atoms with Crippen molar-refractivity contribution in [2.45, 2.75) is 4.90 Å². The Bertz CT molecular complexity index is 1650. The number of phenols is 1. The number of fused-ring (bicyclic) bond motifs is 1. The first-order valence-electron chi connectivity index (χ1n) is 11.0. The molecule has 0 fully saturated rings. The van der Waals surface area contributed by atoms with Gasteiger partial charge in [0.15, 0.2) is 5.75 Å². The number of ether oxygens (including phenoxy) is 3. The predicted octanol–water partition coefficient (Wildman–Crippen LogP) is 5.49. The van der Waals surface area contributed by atoms with Gasteiger partial charge in [0.25, 0.3) is 16.0 Å². The van der Waals surface area contributed by atoms with Gasteiger partial charge >= 0.3 is 0 Å². The molecule has 0 unspecified atom stereocenters. The van der Waals surface area contributed by atoms with E-state index in [9.17, 15) is 22.9 Å². The third-order valence-electron chi connectivity index (χ3n) is 5.54. The van der Waals surface area contributed by atoms with Gasteiger partial charge in [-0.3, -0.25) is 9.35 Å². The molecule has 0 aliphatic carbocycles. The van der Waals surface area contributed by atoms with E-state index in [1.807, 2.05) is 0 Å². The van der Waals surface area contributed by atoms with Crippen LogP contribution in [0.5, 0.6) is 23.0 Å². The van der Waals surface area contributed by atoms with E-state index in [-0.39, 0.29) is 22.0 Å². The summed E-state index contributed by atoms with van der Waals surface area (Å²) in [5.74, 6) is 0.210. The number of hydrogen-bond acceptors (Lipinski definition) is 9. The number of carbonyl (C=O) groups excluding carboxylic acids is 1. The van der Waals surface area contributed by atoms with Gasteiger partial charge < -0.3 is 24.6 Å². The lowest BCUT2D eigenvalue weighted by Crippen LogP contribution is -2.12. The van der Waals surface area contributed by atoms with Gasteiger partial charge in [0.05, 0.1) is 21.3 Å². The zero-order chi connectivity index (χ0) is 27.4. The molecule has 0 radical (unpaired) electrons. The molecule has 3 N–H and O–H groups in total. The SMILES string of the molecule is COc1cc(OC)cc(C(=O)Nc2ccc3c(O)c(N=Nc4ccccc4OC)c(S(=O)(=O)O)cc3c2)c1. The van der Waals surface area contributed by atoms with Crippen LogP contribution in [0.2, 0.25) is 0 Å². The molecule has 1 amide bonds. The van der Waals surface area contributed by atoms with Crippen molar-refractivity contribution in [2.24, 2.45) is 10.2 Å². The van der Waals surface area contributed by atoms with Crippen molar-refractivity contribution in [1.29, 1.82) is 0 Å². The molecule has 4 aromatic rings. The molecule has 0 spiro atoms.